The van der Waals surface area contributed by atoms with Crippen molar-refractivity contribution in [2.24, 2.45) is 0 Å². The minimum Gasteiger partial charge on any atom is -0.383 e. The van der Waals surface area contributed by atoms with Gasteiger partial charge < -0.3 is 10.1 Å². The summed E-state index contributed by atoms with van der Waals surface area (Å²) in [6, 6.07) is 0. The lowest BCUT2D eigenvalue weighted by Crippen LogP contribution is -2.18. The molecule has 18 heavy (non-hydrogen) atoms. The van der Waals surface area contributed by atoms with Gasteiger partial charge in [-0.3, -0.25) is 0 Å². The molecule has 0 aliphatic carbocycles. The Balaban J connectivity index is 2.78. The van der Waals surface area contributed by atoms with Crippen LogP contribution in [0.2, 0.25) is 0 Å². The molecule has 3 nitrogen and oxygen atoms in total. The summed E-state index contributed by atoms with van der Waals surface area (Å²) >= 11 is 1.84. The van der Waals surface area contributed by atoms with E-state index in [2.05, 4.69) is 39.9 Å². The zero-order valence-corrected chi connectivity index (χ0v) is 13.3. The smallest absolute Gasteiger partial charge is 0.0985 e. The van der Waals surface area contributed by atoms with Crippen LogP contribution < -0.4 is 5.32 Å². The number of hydrogen-bond donors (Lipinski definition) is 1. The van der Waals surface area contributed by atoms with Crippen LogP contribution in [0.1, 0.15) is 56.1 Å². The van der Waals surface area contributed by atoms with Gasteiger partial charge in [-0.25, -0.2) is 4.98 Å². The Morgan fingerprint density at radius 3 is 2.50 bits per heavy atom. The van der Waals surface area contributed by atoms with E-state index >= 15 is 0 Å². The zero-order chi connectivity index (χ0) is 13.8. The number of aromatic nitrogens is 1. The Labute approximate surface area is 115 Å². The molecule has 1 N–H and O–H groups in total. The maximum Gasteiger partial charge on any atom is 0.0985 e. The molecule has 0 amide bonds. The lowest BCUT2D eigenvalue weighted by Gasteiger charge is -2.13. The third-order valence-corrected chi connectivity index (χ3v) is 4.18. The first-order valence-electron chi connectivity index (χ1n) is 6.56. The second kappa shape index (κ2) is 6.64. The van der Waals surface area contributed by atoms with Crippen molar-refractivity contribution in [3.63, 3.8) is 0 Å². The molecule has 0 bridgehead atoms. The van der Waals surface area contributed by atoms with Gasteiger partial charge in [0.2, 0.25) is 0 Å². The van der Waals surface area contributed by atoms with Crippen molar-refractivity contribution >= 4 is 11.3 Å². The number of nitrogens with zero attached hydrogens (tertiary/aromatic N) is 1. The normalized spacial score (nSPS) is 12.4. The van der Waals surface area contributed by atoms with Crippen LogP contribution in [0, 0.1) is 0 Å². The fourth-order valence-corrected chi connectivity index (χ4v) is 2.88. The Bertz CT molecular complexity index is 366. The average molecular weight is 270 g/mol. The summed E-state index contributed by atoms with van der Waals surface area (Å²) in [7, 11) is 1.73. The monoisotopic (exact) mass is 270 g/mol. The molecule has 0 spiro atoms. The third-order valence-electron chi connectivity index (χ3n) is 2.68. The molecule has 1 heterocycles. The van der Waals surface area contributed by atoms with Crippen molar-refractivity contribution in [3.8, 4) is 0 Å². The molecule has 0 saturated heterocycles. The van der Waals surface area contributed by atoms with Gasteiger partial charge >= 0.3 is 0 Å². The van der Waals surface area contributed by atoms with Crippen molar-refractivity contribution in [2.75, 3.05) is 20.3 Å². The molecule has 0 unspecified atom stereocenters. The molecular formula is C14H26N2OS. The average Bonchev–Trinajstić information content (AvgIpc) is 2.68. The lowest BCUT2D eigenvalue weighted by atomic mass is 9.98. The van der Waals surface area contributed by atoms with Gasteiger partial charge in [-0.15, -0.1) is 11.3 Å². The van der Waals surface area contributed by atoms with Crippen molar-refractivity contribution in [1.29, 1.82) is 0 Å². The topological polar surface area (TPSA) is 34.1 Å². The molecule has 1 rings (SSSR count). The van der Waals surface area contributed by atoms with Crippen LogP contribution in [0.25, 0.3) is 0 Å². The fourth-order valence-electron chi connectivity index (χ4n) is 1.64. The number of methoxy groups -OCH3 is 1. The van der Waals surface area contributed by atoms with E-state index in [1.807, 2.05) is 11.3 Å². The van der Waals surface area contributed by atoms with Crippen LogP contribution in [0.5, 0.6) is 0 Å². The van der Waals surface area contributed by atoms with E-state index in [4.69, 9.17) is 9.72 Å². The SMILES string of the molecule is COCCNCc1sc(C(C)(C)C)nc1C(C)C. The summed E-state index contributed by atoms with van der Waals surface area (Å²) < 4.78 is 5.04. The summed E-state index contributed by atoms with van der Waals surface area (Å²) in [5.74, 6) is 0.483. The number of ether oxygens (including phenoxy) is 1. The number of nitrogens with one attached hydrogen (secondary N) is 1. The second-order valence-corrected chi connectivity index (χ2v) is 6.99. The molecule has 0 saturated carbocycles. The summed E-state index contributed by atoms with van der Waals surface area (Å²) in [4.78, 5) is 6.19. The maximum atomic E-state index is 5.04. The minimum absolute atomic E-state index is 0.138. The molecule has 104 valence electrons. The quantitative estimate of drug-likeness (QED) is 0.805. The lowest BCUT2D eigenvalue weighted by molar-refractivity contribution is 0.199. The van der Waals surface area contributed by atoms with Crippen LogP contribution in [0.3, 0.4) is 0 Å². The van der Waals surface area contributed by atoms with Crippen molar-refractivity contribution in [2.45, 2.75) is 52.5 Å². The largest absolute Gasteiger partial charge is 0.383 e. The molecule has 0 radical (unpaired) electrons. The van der Waals surface area contributed by atoms with E-state index in [1.54, 1.807) is 7.11 Å². The molecule has 1 aromatic heterocycles. The highest BCUT2D eigenvalue weighted by Crippen LogP contribution is 2.32. The summed E-state index contributed by atoms with van der Waals surface area (Å²) in [5, 5.41) is 4.64. The molecule has 0 aliphatic rings. The Hall–Kier alpha value is -0.450. The molecule has 1 aromatic rings. The van der Waals surface area contributed by atoms with Gasteiger partial charge in [-0.05, 0) is 5.92 Å². The predicted molar refractivity (Wildman–Crippen MR) is 78.5 cm³/mol. The first-order valence-corrected chi connectivity index (χ1v) is 7.37. The van der Waals surface area contributed by atoms with E-state index in [0.717, 1.165) is 19.7 Å². The van der Waals surface area contributed by atoms with E-state index in [-0.39, 0.29) is 5.41 Å². The van der Waals surface area contributed by atoms with Crippen LogP contribution in [-0.4, -0.2) is 25.2 Å². The molecule has 0 aliphatic heterocycles. The minimum atomic E-state index is 0.138. The van der Waals surface area contributed by atoms with Crippen molar-refractivity contribution in [3.05, 3.63) is 15.6 Å². The molecule has 0 fully saturated rings. The summed E-state index contributed by atoms with van der Waals surface area (Å²) in [6.45, 7) is 13.6. The van der Waals surface area contributed by atoms with Crippen LogP contribution in [-0.2, 0) is 16.7 Å². The van der Waals surface area contributed by atoms with Gasteiger partial charge in [0.1, 0.15) is 0 Å². The first-order chi connectivity index (χ1) is 8.36. The molecule has 0 atom stereocenters. The number of rotatable bonds is 6. The van der Waals surface area contributed by atoms with Gasteiger partial charge in [0.25, 0.3) is 0 Å². The van der Waals surface area contributed by atoms with Gasteiger partial charge in [0, 0.05) is 30.5 Å². The maximum absolute atomic E-state index is 5.04. The van der Waals surface area contributed by atoms with E-state index < -0.39 is 0 Å². The van der Waals surface area contributed by atoms with Crippen molar-refractivity contribution in [1.82, 2.24) is 10.3 Å². The zero-order valence-electron chi connectivity index (χ0n) is 12.5. The second-order valence-electron chi connectivity index (χ2n) is 5.90. The van der Waals surface area contributed by atoms with Gasteiger partial charge in [0.15, 0.2) is 0 Å². The van der Waals surface area contributed by atoms with E-state index in [0.29, 0.717) is 5.92 Å². The standard InChI is InChI=1S/C14H26N2OS/c1-10(2)12-11(9-15-7-8-17-6)18-13(16-12)14(3,4)5/h10,15H,7-9H2,1-6H3. The Morgan fingerprint density at radius 2 is 2.00 bits per heavy atom. The first kappa shape index (κ1) is 15.6. The predicted octanol–water partition coefficient (Wildman–Crippen LogP) is 3.30. The molecular weight excluding hydrogens is 244 g/mol. The number of thiazole rings is 1. The van der Waals surface area contributed by atoms with Gasteiger partial charge in [0.05, 0.1) is 17.3 Å². The number of hydrogen-bond acceptors (Lipinski definition) is 4. The molecule has 0 aromatic carbocycles. The fraction of sp³-hybridized carbons (Fsp3) is 0.786. The third kappa shape index (κ3) is 4.34. The van der Waals surface area contributed by atoms with Gasteiger partial charge in [-0.2, -0.15) is 0 Å². The summed E-state index contributed by atoms with van der Waals surface area (Å²) in [5.41, 5.74) is 1.38. The Kier molecular flexibility index (Phi) is 5.76. The van der Waals surface area contributed by atoms with Crippen LogP contribution in [0.15, 0.2) is 0 Å². The van der Waals surface area contributed by atoms with Crippen LogP contribution >= 0.6 is 11.3 Å². The van der Waals surface area contributed by atoms with Crippen molar-refractivity contribution < 1.29 is 4.74 Å². The van der Waals surface area contributed by atoms with E-state index in [1.165, 1.54) is 15.6 Å². The molecule has 4 heteroatoms. The van der Waals surface area contributed by atoms with Gasteiger partial charge in [-0.1, -0.05) is 34.6 Å². The van der Waals surface area contributed by atoms with Crippen LogP contribution in [0.4, 0.5) is 0 Å². The highest BCUT2D eigenvalue weighted by atomic mass is 32.1. The summed E-state index contributed by atoms with van der Waals surface area (Å²) in [6.07, 6.45) is 0. The Morgan fingerprint density at radius 1 is 1.33 bits per heavy atom. The highest BCUT2D eigenvalue weighted by Gasteiger charge is 2.22. The highest BCUT2D eigenvalue weighted by molar-refractivity contribution is 7.11. The van der Waals surface area contributed by atoms with E-state index in [9.17, 15) is 0 Å².